The van der Waals surface area contributed by atoms with Gasteiger partial charge in [0.2, 0.25) is 0 Å². The normalized spacial score (nSPS) is 15.6. The van der Waals surface area contributed by atoms with Crippen molar-refractivity contribution < 1.29 is 23.8 Å². The van der Waals surface area contributed by atoms with Crippen LogP contribution in [-0.2, 0) is 15.9 Å². The summed E-state index contributed by atoms with van der Waals surface area (Å²) in [5, 5.41) is 7.45. The number of nitrogens with zero attached hydrogens (tertiary/aromatic N) is 1. The number of amides is 1. The topological polar surface area (TPSA) is 115 Å². The van der Waals surface area contributed by atoms with Crippen LogP contribution >= 0.6 is 0 Å². The fourth-order valence-electron chi connectivity index (χ4n) is 3.25. The zero-order chi connectivity index (χ0) is 21.7. The first-order valence-electron chi connectivity index (χ1n) is 9.69. The van der Waals surface area contributed by atoms with Crippen molar-refractivity contribution in [2.24, 2.45) is 5.73 Å². The van der Waals surface area contributed by atoms with E-state index >= 15 is 0 Å². The van der Waals surface area contributed by atoms with Crippen molar-refractivity contribution in [3.8, 4) is 5.75 Å². The second-order valence-electron chi connectivity index (χ2n) is 6.95. The summed E-state index contributed by atoms with van der Waals surface area (Å²) in [5.74, 6) is 0.234. The van der Waals surface area contributed by atoms with Gasteiger partial charge in [0, 0.05) is 11.3 Å². The van der Waals surface area contributed by atoms with Gasteiger partial charge in [-0.25, -0.2) is 9.59 Å². The summed E-state index contributed by atoms with van der Waals surface area (Å²) < 4.78 is 16.1. The van der Waals surface area contributed by atoms with Gasteiger partial charge in [-0.15, -0.1) is 0 Å². The largest absolute Gasteiger partial charge is 0.489 e. The van der Waals surface area contributed by atoms with Gasteiger partial charge in [-0.05, 0) is 54.4 Å². The quantitative estimate of drug-likeness (QED) is 0.392. The molecule has 2 aromatic carbocycles. The smallest absolute Gasteiger partial charge is 0.414 e. The molecule has 158 valence electrons. The predicted molar refractivity (Wildman–Crippen MR) is 112 cm³/mol. The monoisotopic (exact) mass is 411 g/mol. The van der Waals surface area contributed by atoms with Gasteiger partial charge in [0.15, 0.2) is 6.10 Å². The van der Waals surface area contributed by atoms with Crippen molar-refractivity contribution >= 4 is 23.6 Å². The SMILES string of the molecule is CCCc1cc(C(=O)OC)ccc1OCC1CN(c2ccc(C(=N)N)cc2)C(=O)O1. The number of rotatable bonds is 8. The number of nitrogen functional groups attached to an aromatic ring is 1. The highest BCUT2D eigenvalue weighted by atomic mass is 16.6. The molecule has 0 radical (unpaired) electrons. The van der Waals surface area contributed by atoms with E-state index in [0.717, 1.165) is 18.4 Å². The molecule has 1 heterocycles. The van der Waals surface area contributed by atoms with Crippen LogP contribution in [0.5, 0.6) is 5.75 Å². The van der Waals surface area contributed by atoms with Crippen LogP contribution in [-0.4, -0.2) is 44.3 Å². The molecule has 3 rings (SSSR count). The van der Waals surface area contributed by atoms with E-state index < -0.39 is 18.2 Å². The number of methoxy groups -OCH3 is 1. The number of esters is 1. The third-order valence-electron chi connectivity index (χ3n) is 4.79. The Morgan fingerprint density at radius 3 is 2.57 bits per heavy atom. The Kier molecular flexibility index (Phi) is 6.56. The lowest BCUT2D eigenvalue weighted by Gasteiger charge is -2.15. The standard InChI is InChI=1S/C22H25N3O5/c1-3-4-15-11-16(21(26)28-2)7-10-19(15)29-13-18-12-25(22(27)30-18)17-8-5-14(6-9-17)20(23)24/h5-11,18H,3-4,12-13H2,1-2H3,(H3,23,24). The summed E-state index contributed by atoms with van der Waals surface area (Å²) in [6.07, 6.45) is 0.761. The summed E-state index contributed by atoms with van der Waals surface area (Å²) >= 11 is 0. The van der Waals surface area contributed by atoms with Crippen LogP contribution in [0.4, 0.5) is 10.5 Å². The molecule has 0 bridgehead atoms. The maximum Gasteiger partial charge on any atom is 0.414 e. The molecule has 1 aliphatic rings. The minimum Gasteiger partial charge on any atom is -0.489 e. The van der Waals surface area contributed by atoms with E-state index in [4.69, 9.17) is 25.4 Å². The lowest BCUT2D eigenvalue weighted by atomic mass is 10.1. The Morgan fingerprint density at radius 2 is 1.93 bits per heavy atom. The number of amidine groups is 1. The second-order valence-corrected chi connectivity index (χ2v) is 6.95. The Balaban J connectivity index is 1.66. The highest BCUT2D eigenvalue weighted by molar-refractivity contribution is 5.96. The molecule has 8 heteroatoms. The average molecular weight is 411 g/mol. The summed E-state index contributed by atoms with van der Waals surface area (Å²) in [7, 11) is 1.35. The first-order valence-corrected chi connectivity index (χ1v) is 9.69. The van der Waals surface area contributed by atoms with Gasteiger partial charge < -0.3 is 19.9 Å². The van der Waals surface area contributed by atoms with Crippen LogP contribution in [0.1, 0.15) is 34.8 Å². The summed E-state index contributed by atoms with van der Waals surface area (Å²) in [6, 6.07) is 12.0. The number of aryl methyl sites for hydroxylation is 1. The van der Waals surface area contributed by atoms with Crippen molar-refractivity contribution in [2.75, 3.05) is 25.2 Å². The van der Waals surface area contributed by atoms with Gasteiger partial charge in [0.1, 0.15) is 18.2 Å². The van der Waals surface area contributed by atoms with Crippen molar-refractivity contribution in [3.05, 3.63) is 59.2 Å². The average Bonchev–Trinajstić information content (AvgIpc) is 3.13. The van der Waals surface area contributed by atoms with Gasteiger partial charge in [-0.1, -0.05) is 13.3 Å². The van der Waals surface area contributed by atoms with Gasteiger partial charge >= 0.3 is 12.1 Å². The number of anilines is 1. The Hall–Kier alpha value is -3.55. The Morgan fingerprint density at radius 1 is 1.23 bits per heavy atom. The van der Waals surface area contributed by atoms with Crippen molar-refractivity contribution in [2.45, 2.75) is 25.9 Å². The molecule has 1 atom stereocenters. The van der Waals surface area contributed by atoms with Crippen LogP contribution in [0.15, 0.2) is 42.5 Å². The number of benzene rings is 2. The zero-order valence-electron chi connectivity index (χ0n) is 17.0. The Labute approximate surface area is 175 Å². The fourth-order valence-corrected chi connectivity index (χ4v) is 3.25. The van der Waals surface area contributed by atoms with Crippen LogP contribution in [0, 0.1) is 5.41 Å². The number of carbonyl (C=O) groups excluding carboxylic acids is 2. The van der Waals surface area contributed by atoms with Gasteiger partial charge in [-0.2, -0.15) is 0 Å². The van der Waals surface area contributed by atoms with Crippen molar-refractivity contribution in [1.82, 2.24) is 0 Å². The molecule has 1 aliphatic heterocycles. The molecule has 0 saturated carbocycles. The van der Waals surface area contributed by atoms with Gasteiger partial charge in [-0.3, -0.25) is 10.3 Å². The fraction of sp³-hybridized carbons (Fsp3) is 0.318. The number of hydrogen-bond acceptors (Lipinski definition) is 6. The molecule has 1 amide bonds. The maximum atomic E-state index is 12.3. The summed E-state index contributed by atoms with van der Waals surface area (Å²) in [6.45, 7) is 2.59. The number of hydrogen-bond donors (Lipinski definition) is 2. The first-order chi connectivity index (χ1) is 14.4. The predicted octanol–water partition coefficient (Wildman–Crippen LogP) is 3.11. The van der Waals surface area contributed by atoms with Crippen LogP contribution in [0.2, 0.25) is 0 Å². The molecule has 1 saturated heterocycles. The highest BCUT2D eigenvalue weighted by Crippen LogP contribution is 2.25. The number of carbonyl (C=O) groups is 2. The molecule has 30 heavy (non-hydrogen) atoms. The molecule has 8 nitrogen and oxygen atoms in total. The van der Waals surface area contributed by atoms with E-state index in [1.165, 1.54) is 12.0 Å². The molecular formula is C22H25N3O5. The molecule has 3 N–H and O–H groups in total. The molecule has 0 aliphatic carbocycles. The second kappa shape index (κ2) is 9.30. The van der Waals surface area contributed by atoms with Gasteiger partial charge in [0.05, 0.1) is 19.2 Å². The molecule has 1 unspecified atom stereocenters. The van der Waals surface area contributed by atoms with Gasteiger partial charge in [0.25, 0.3) is 0 Å². The number of nitrogens with one attached hydrogen (secondary N) is 1. The lowest BCUT2D eigenvalue weighted by Crippen LogP contribution is -2.26. The van der Waals surface area contributed by atoms with E-state index in [1.54, 1.807) is 42.5 Å². The molecule has 2 aromatic rings. The molecular weight excluding hydrogens is 386 g/mol. The van der Waals surface area contributed by atoms with E-state index in [1.807, 2.05) is 6.92 Å². The maximum absolute atomic E-state index is 12.3. The molecule has 0 aromatic heterocycles. The Bertz CT molecular complexity index is 942. The molecule has 1 fully saturated rings. The van der Waals surface area contributed by atoms with Crippen molar-refractivity contribution in [1.29, 1.82) is 5.41 Å². The molecule has 0 spiro atoms. The minimum atomic E-state index is -0.450. The van der Waals surface area contributed by atoms with Crippen LogP contribution in [0.25, 0.3) is 0 Å². The first kappa shape index (κ1) is 21.2. The zero-order valence-corrected chi connectivity index (χ0v) is 17.0. The van der Waals surface area contributed by atoms with Crippen molar-refractivity contribution in [3.63, 3.8) is 0 Å². The lowest BCUT2D eigenvalue weighted by molar-refractivity contribution is 0.0600. The number of nitrogens with two attached hydrogens (primary N) is 1. The number of cyclic esters (lactones) is 1. The van der Waals surface area contributed by atoms with Crippen LogP contribution in [0.3, 0.4) is 0 Å². The van der Waals surface area contributed by atoms with E-state index in [2.05, 4.69) is 0 Å². The highest BCUT2D eigenvalue weighted by Gasteiger charge is 2.33. The summed E-state index contributed by atoms with van der Waals surface area (Å²) in [4.78, 5) is 25.6. The summed E-state index contributed by atoms with van der Waals surface area (Å²) in [5.41, 5.74) is 8.10. The van der Waals surface area contributed by atoms with E-state index in [-0.39, 0.29) is 12.4 Å². The van der Waals surface area contributed by atoms with Crippen LogP contribution < -0.4 is 15.4 Å². The number of ether oxygens (including phenoxy) is 3. The minimum absolute atomic E-state index is 0.0297. The third kappa shape index (κ3) is 4.71. The third-order valence-corrected chi connectivity index (χ3v) is 4.79. The van der Waals surface area contributed by atoms with E-state index in [9.17, 15) is 9.59 Å². The van der Waals surface area contributed by atoms with E-state index in [0.29, 0.717) is 29.1 Å².